The third-order valence-electron chi connectivity index (χ3n) is 9.64. The third kappa shape index (κ3) is 7.75. The van der Waals surface area contributed by atoms with Crippen LogP contribution < -0.4 is 21.3 Å². The molecule has 9 rings (SSSR count). The molecular weight excluding hydrogens is 727 g/mol. The first-order chi connectivity index (χ1) is 28.6. The molecule has 4 N–H and O–H groups in total. The van der Waals surface area contributed by atoms with Crippen molar-refractivity contribution in [3.05, 3.63) is 174 Å². The average molecular weight is 762 g/mol. The summed E-state index contributed by atoms with van der Waals surface area (Å²) in [7, 11) is 0. The van der Waals surface area contributed by atoms with E-state index in [1.54, 1.807) is 49.1 Å². The molecule has 0 aliphatic carbocycles. The fourth-order valence-corrected chi connectivity index (χ4v) is 6.93. The van der Waals surface area contributed by atoms with Gasteiger partial charge >= 0.3 is 0 Å². The molecule has 2 amide bonds. The lowest BCUT2D eigenvalue weighted by molar-refractivity contribution is 0.101. The van der Waals surface area contributed by atoms with E-state index in [2.05, 4.69) is 51.2 Å². The van der Waals surface area contributed by atoms with Gasteiger partial charge in [0.25, 0.3) is 11.8 Å². The van der Waals surface area contributed by atoms with E-state index in [1.807, 2.05) is 91.0 Å². The first kappa shape index (κ1) is 36.1. The number of aromatic nitrogens is 7. The van der Waals surface area contributed by atoms with Crippen LogP contribution in [0.1, 0.15) is 43.5 Å². The number of amides is 2. The predicted octanol–water partition coefficient (Wildman–Crippen LogP) is 7.15. The lowest BCUT2D eigenvalue weighted by Gasteiger charge is -2.11. The minimum Gasteiger partial charge on any atom is -0.307 e. The molecule has 13 heteroatoms. The number of anilines is 2. The second-order valence-electron chi connectivity index (χ2n) is 13.6. The van der Waals surface area contributed by atoms with Crippen molar-refractivity contribution in [2.24, 2.45) is 0 Å². The van der Waals surface area contributed by atoms with Crippen LogP contribution in [0.2, 0.25) is 0 Å². The SMILES string of the molecule is O=C(Nc1cccc(CNCc2cccc(CNCc3cccc(NC(=O)c4ccnc5c4ccc4cccnc45)n3)n2)n1)c1ccnc2c1ccc1cccnc12. The predicted molar refractivity (Wildman–Crippen MR) is 224 cm³/mol. The van der Waals surface area contributed by atoms with Crippen molar-refractivity contribution in [1.29, 1.82) is 0 Å². The average Bonchev–Trinajstić information content (AvgIpc) is 3.26. The zero-order valence-corrected chi connectivity index (χ0v) is 31.1. The summed E-state index contributed by atoms with van der Waals surface area (Å²) in [5, 5.41) is 16.1. The highest BCUT2D eigenvalue weighted by Gasteiger charge is 2.16. The second kappa shape index (κ2) is 16.2. The molecule has 0 aliphatic heterocycles. The van der Waals surface area contributed by atoms with Gasteiger partial charge in [0, 0.05) is 72.5 Å². The fourth-order valence-electron chi connectivity index (χ4n) is 6.93. The summed E-state index contributed by atoms with van der Waals surface area (Å²) >= 11 is 0. The molecule has 282 valence electrons. The zero-order chi connectivity index (χ0) is 39.3. The third-order valence-corrected chi connectivity index (χ3v) is 9.64. The minimum atomic E-state index is -0.271. The van der Waals surface area contributed by atoms with Crippen LogP contribution in [0, 0.1) is 0 Å². The maximum Gasteiger partial charge on any atom is 0.257 e. The molecule has 0 bridgehead atoms. The normalized spacial score (nSPS) is 11.3. The Morgan fingerprint density at radius 1 is 0.397 bits per heavy atom. The van der Waals surface area contributed by atoms with Crippen molar-refractivity contribution in [2.45, 2.75) is 26.2 Å². The molecule has 0 atom stereocenters. The maximum atomic E-state index is 13.4. The maximum absolute atomic E-state index is 13.4. The van der Waals surface area contributed by atoms with Crippen molar-refractivity contribution >= 4 is 67.1 Å². The summed E-state index contributed by atoms with van der Waals surface area (Å²) in [4.78, 5) is 58.8. The number of hydrogen-bond acceptors (Lipinski definition) is 11. The first-order valence-electron chi connectivity index (χ1n) is 18.7. The molecule has 9 aromatic rings. The fraction of sp³-hybridized carbons (Fsp3) is 0.0889. The van der Waals surface area contributed by atoms with Crippen molar-refractivity contribution < 1.29 is 9.59 Å². The Kier molecular flexibility index (Phi) is 10.1. The summed E-state index contributed by atoms with van der Waals surface area (Å²) in [5.74, 6) is 0.366. The Morgan fingerprint density at radius 3 is 1.28 bits per heavy atom. The van der Waals surface area contributed by atoms with E-state index < -0.39 is 0 Å². The zero-order valence-electron chi connectivity index (χ0n) is 31.1. The number of fused-ring (bicyclic) bond motifs is 6. The van der Waals surface area contributed by atoms with Gasteiger partial charge in [-0.15, -0.1) is 0 Å². The lowest BCUT2D eigenvalue weighted by Crippen LogP contribution is -2.18. The molecule has 58 heavy (non-hydrogen) atoms. The Labute approximate surface area is 332 Å². The van der Waals surface area contributed by atoms with Gasteiger partial charge in [0.1, 0.15) is 11.6 Å². The van der Waals surface area contributed by atoms with Gasteiger partial charge in [-0.25, -0.2) is 9.97 Å². The van der Waals surface area contributed by atoms with E-state index in [4.69, 9.17) is 4.98 Å². The number of pyridine rings is 7. The Hall–Kier alpha value is -7.61. The van der Waals surface area contributed by atoms with Gasteiger partial charge in [0.05, 0.1) is 56.0 Å². The second-order valence-corrected chi connectivity index (χ2v) is 13.6. The molecule has 7 heterocycles. The van der Waals surface area contributed by atoms with Gasteiger partial charge in [0.2, 0.25) is 0 Å². The van der Waals surface area contributed by atoms with Crippen LogP contribution in [0.3, 0.4) is 0 Å². The molecule has 0 saturated heterocycles. The van der Waals surface area contributed by atoms with E-state index in [9.17, 15) is 9.59 Å². The van der Waals surface area contributed by atoms with Crippen molar-refractivity contribution in [3.63, 3.8) is 0 Å². The number of carbonyl (C=O) groups excluding carboxylic acids is 2. The van der Waals surface area contributed by atoms with Crippen molar-refractivity contribution in [2.75, 3.05) is 10.6 Å². The van der Waals surface area contributed by atoms with E-state index in [1.165, 1.54) is 0 Å². The Bertz CT molecular complexity index is 2790. The summed E-state index contributed by atoms with van der Waals surface area (Å²) in [6.45, 7) is 2.02. The molecule has 0 aliphatic rings. The Balaban J connectivity index is 0.772. The number of nitrogens with zero attached hydrogens (tertiary/aromatic N) is 7. The largest absolute Gasteiger partial charge is 0.307 e. The molecular formula is C45H35N11O2. The molecule has 0 fully saturated rings. The molecule has 0 unspecified atom stereocenters. The van der Waals surface area contributed by atoms with Gasteiger partial charge in [-0.05, 0) is 60.7 Å². The van der Waals surface area contributed by atoms with Gasteiger partial charge in [-0.3, -0.25) is 34.5 Å². The molecule has 0 radical (unpaired) electrons. The smallest absolute Gasteiger partial charge is 0.257 e. The van der Waals surface area contributed by atoms with Crippen LogP contribution in [-0.2, 0) is 26.2 Å². The van der Waals surface area contributed by atoms with Gasteiger partial charge in [-0.1, -0.05) is 54.6 Å². The van der Waals surface area contributed by atoms with E-state index in [0.717, 1.165) is 55.4 Å². The number of nitrogens with one attached hydrogen (secondary N) is 4. The van der Waals surface area contributed by atoms with Crippen LogP contribution in [0.5, 0.6) is 0 Å². The van der Waals surface area contributed by atoms with Gasteiger partial charge < -0.3 is 21.3 Å². The molecule has 2 aromatic carbocycles. The Morgan fingerprint density at radius 2 is 0.810 bits per heavy atom. The highest BCUT2D eigenvalue weighted by atomic mass is 16.2. The van der Waals surface area contributed by atoms with Gasteiger partial charge in [-0.2, -0.15) is 0 Å². The van der Waals surface area contributed by atoms with Crippen LogP contribution in [-0.4, -0.2) is 46.7 Å². The van der Waals surface area contributed by atoms with E-state index in [-0.39, 0.29) is 11.8 Å². The molecule has 7 aromatic heterocycles. The standard InChI is InChI=1S/C45H35N11O2/c57-44(36-18-22-50-42-34(36)16-14-28-6-4-20-48-40(28)42)55-38-12-2-10-32(53-38)26-46-24-30-8-1-9-31(52-30)25-47-27-33-11-3-13-39(54-33)56-45(58)37-19-23-51-43-35(37)17-15-29-7-5-21-49-41(29)43/h1-23,46-47H,24-27H2,(H,53,55,57)(H,54,56,58). The van der Waals surface area contributed by atoms with E-state index >= 15 is 0 Å². The number of hydrogen-bond donors (Lipinski definition) is 4. The minimum absolute atomic E-state index is 0.271. The summed E-state index contributed by atoms with van der Waals surface area (Å²) in [6.07, 6.45) is 6.70. The lowest BCUT2D eigenvalue weighted by atomic mass is 10.1. The van der Waals surface area contributed by atoms with Crippen LogP contribution in [0.25, 0.3) is 43.6 Å². The summed E-state index contributed by atoms with van der Waals surface area (Å²) in [5.41, 5.74) is 7.17. The summed E-state index contributed by atoms with van der Waals surface area (Å²) in [6, 6.07) is 35.8. The monoisotopic (exact) mass is 761 g/mol. The highest BCUT2D eigenvalue weighted by molar-refractivity contribution is 6.17. The van der Waals surface area contributed by atoms with Gasteiger partial charge in [0.15, 0.2) is 0 Å². The van der Waals surface area contributed by atoms with Crippen LogP contribution in [0.15, 0.2) is 140 Å². The topological polar surface area (TPSA) is 172 Å². The number of rotatable bonds is 12. The summed E-state index contributed by atoms with van der Waals surface area (Å²) < 4.78 is 0. The molecule has 0 saturated carbocycles. The van der Waals surface area contributed by atoms with Crippen LogP contribution >= 0.6 is 0 Å². The quantitative estimate of drug-likeness (QED) is 0.0932. The highest BCUT2D eigenvalue weighted by Crippen LogP contribution is 2.26. The van der Waals surface area contributed by atoms with Crippen molar-refractivity contribution in [1.82, 2.24) is 45.5 Å². The van der Waals surface area contributed by atoms with Crippen LogP contribution in [0.4, 0.5) is 11.6 Å². The number of benzene rings is 2. The van der Waals surface area contributed by atoms with Crippen molar-refractivity contribution in [3.8, 4) is 0 Å². The molecule has 13 nitrogen and oxygen atoms in total. The number of carbonyl (C=O) groups is 2. The molecule has 0 spiro atoms. The first-order valence-corrected chi connectivity index (χ1v) is 18.7. The van der Waals surface area contributed by atoms with E-state index in [0.29, 0.717) is 60.0 Å².